The monoisotopic (exact) mass is 374 g/mol. The van der Waals surface area contributed by atoms with Gasteiger partial charge in [-0.1, -0.05) is 49.7 Å². The molecular weight excluding hydrogens is 348 g/mol. The fraction of sp³-hybridized carbons (Fsp3) is 0.292. The SMILES string of the molecule is CCCc1c(-c2cccc(O)c2)c(C(N)=O)c(C)n1C1CCc2ccccc21. The van der Waals surface area contributed by atoms with Gasteiger partial charge in [0.1, 0.15) is 5.75 Å². The summed E-state index contributed by atoms with van der Waals surface area (Å²) < 4.78 is 2.33. The van der Waals surface area contributed by atoms with E-state index in [1.54, 1.807) is 12.1 Å². The van der Waals surface area contributed by atoms with Crippen LogP contribution in [0.2, 0.25) is 0 Å². The van der Waals surface area contributed by atoms with Crippen LogP contribution in [-0.4, -0.2) is 15.6 Å². The number of benzene rings is 2. The molecule has 144 valence electrons. The summed E-state index contributed by atoms with van der Waals surface area (Å²) in [5.41, 5.74) is 12.9. The summed E-state index contributed by atoms with van der Waals surface area (Å²) in [7, 11) is 0. The number of phenols is 1. The molecule has 0 spiro atoms. The molecule has 3 aromatic rings. The van der Waals surface area contributed by atoms with Crippen LogP contribution in [0.1, 0.15) is 58.7 Å². The van der Waals surface area contributed by atoms with Gasteiger partial charge in [-0.3, -0.25) is 4.79 Å². The molecule has 1 aliphatic rings. The van der Waals surface area contributed by atoms with Gasteiger partial charge in [0.15, 0.2) is 0 Å². The summed E-state index contributed by atoms with van der Waals surface area (Å²) in [6.45, 7) is 4.14. The normalized spacial score (nSPS) is 15.6. The van der Waals surface area contributed by atoms with Crippen molar-refractivity contribution in [2.24, 2.45) is 5.73 Å². The fourth-order valence-electron chi connectivity index (χ4n) is 4.75. The van der Waals surface area contributed by atoms with Crippen LogP contribution < -0.4 is 5.73 Å². The number of rotatable bonds is 5. The second kappa shape index (κ2) is 7.19. The summed E-state index contributed by atoms with van der Waals surface area (Å²) in [4.78, 5) is 12.5. The number of carbonyl (C=O) groups excluding carboxylic acids is 1. The number of nitrogens with two attached hydrogens (primary N) is 1. The number of aromatic hydroxyl groups is 1. The average Bonchev–Trinajstić information content (AvgIpc) is 3.21. The molecule has 4 rings (SSSR count). The Hall–Kier alpha value is -3.01. The van der Waals surface area contributed by atoms with Crippen LogP contribution >= 0.6 is 0 Å². The zero-order valence-electron chi connectivity index (χ0n) is 16.4. The number of nitrogens with zero attached hydrogens (tertiary/aromatic N) is 1. The Morgan fingerprint density at radius 1 is 1.21 bits per heavy atom. The van der Waals surface area contributed by atoms with E-state index in [-0.39, 0.29) is 11.8 Å². The van der Waals surface area contributed by atoms with Gasteiger partial charge in [-0.05, 0) is 55.0 Å². The minimum absolute atomic E-state index is 0.187. The molecule has 4 nitrogen and oxygen atoms in total. The molecule has 3 N–H and O–H groups in total. The van der Waals surface area contributed by atoms with Crippen LogP contribution in [0.4, 0.5) is 0 Å². The fourth-order valence-corrected chi connectivity index (χ4v) is 4.75. The lowest BCUT2D eigenvalue weighted by molar-refractivity contribution is 0.1000. The zero-order valence-corrected chi connectivity index (χ0v) is 16.4. The Bertz CT molecular complexity index is 1050. The number of hydrogen-bond donors (Lipinski definition) is 2. The smallest absolute Gasteiger partial charge is 0.251 e. The largest absolute Gasteiger partial charge is 0.508 e. The van der Waals surface area contributed by atoms with Crippen LogP contribution in [-0.2, 0) is 12.8 Å². The van der Waals surface area contributed by atoms with Gasteiger partial charge in [0.05, 0.1) is 11.6 Å². The number of carbonyl (C=O) groups is 1. The van der Waals surface area contributed by atoms with Crippen LogP contribution in [0.15, 0.2) is 48.5 Å². The van der Waals surface area contributed by atoms with Gasteiger partial charge in [-0.15, -0.1) is 0 Å². The van der Waals surface area contributed by atoms with E-state index in [9.17, 15) is 9.90 Å². The van der Waals surface area contributed by atoms with E-state index in [1.165, 1.54) is 11.1 Å². The number of phenolic OH excluding ortho intramolecular Hbond substituents is 1. The summed E-state index contributed by atoms with van der Waals surface area (Å²) in [5, 5.41) is 10.0. The molecule has 1 aromatic heterocycles. The molecule has 1 unspecified atom stereocenters. The lowest BCUT2D eigenvalue weighted by Gasteiger charge is -2.21. The average molecular weight is 374 g/mol. The maximum Gasteiger partial charge on any atom is 0.251 e. The van der Waals surface area contributed by atoms with Crippen LogP contribution in [0.3, 0.4) is 0 Å². The van der Waals surface area contributed by atoms with Crippen molar-refractivity contribution in [3.05, 3.63) is 76.6 Å². The number of aryl methyl sites for hydroxylation is 1. The van der Waals surface area contributed by atoms with Gasteiger partial charge in [0.25, 0.3) is 5.91 Å². The van der Waals surface area contributed by atoms with Gasteiger partial charge in [-0.25, -0.2) is 0 Å². The van der Waals surface area contributed by atoms with Crippen molar-refractivity contribution < 1.29 is 9.90 Å². The van der Waals surface area contributed by atoms with Gasteiger partial charge in [0, 0.05) is 17.0 Å². The predicted octanol–water partition coefficient (Wildman–Crippen LogP) is 4.76. The van der Waals surface area contributed by atoms with E-state index < -0.39 is 5.91 Å². The highest BCUT2D eigenvalue weighted by molar-refractivity contribution is 6.02. The number of amides is 1. The highest BCUT2D eigenvalue weighted by Crippen LogP contribution is 2.42. The standard InChI is InChI=1S/C24H26N2O2/c1-3-7-21-23(17-9-6-10-18(27)14-17)22(24(25)28)15(2)26(21)20-13-12-16-8-4-5-11-19(16)20/h4-6,8-11,14,20,27H,3,7,12-13H2,1-2H3,(H2,25,28). The molecule has 1 amide bonds. The number of primary amides is 1. The Morgan fingerprint density at radius 2 is 2.00 bits per heavy atom. The molecule has 1 heterocycles. The van der Waals surface area contributed by atoms with Crippen LogP contribution in [0.5, 0.6) is 5.75 Å². The minimum Gasteiger partial charge on any atom is -0.508 e. The zero-order chi connectivity index (χ0) is 19.8. The molecule has 4 heteroatoms. The summed E-state index contributed by atoms with van der Waals surface area (Å²) in [6, 6.07) is 15.9. The van der Waals surface area contributed by atoms with E-state index in [0.717, 1.165) is 48.2 Å². The van der Waals surface area contributed by atoms with Gasteiger partial charge >= 0.3 is 0 Å². The van der Waals surface area contributed by atoms with Crippen molar-refractivity contribution in [3.63, 3.8) is 0 Å². The van der Waals surface area contributed by atoms with Crippen LogP contribution in [0.25, 0.3) is 11.1 Å². The molecule has 0 radical (unpaired) electrons. The predicted molar refractivity (Wildman–Crippen MR) is 112 cm³/mol. The topological polar surface area (TPSA) is 68.2 Å². The Balaban J connectivity index is 2.00. The molecule has 28 heavy (non-hydrogen) atoms. The van der Waals surface area contributed by atoms with Crippen molar-refractivity contribution in [1.82, 2.24) is 4.57 Å². The number of hydrogen-bond acceptors (Lipinski definition) is 2. The van der Waals surface area contributed by atoms with E-state index >= 15 is 0 Å². The van der Waals surface area contributed by atoms with E-state index in [0.29, 0.717) is 5.56 Å². The van der Waals surface area contributed by atoms with Gasteiger partial charge in [0.2, 0.25) is 0 Å². The second-order valence-electron chi connectivity index (χ2n) is 7.57. The molecule has 2 aromatic carbocycles. The number of fused-ring (bicyclic) bond motifs is 1. The van der Waals surface area contributed by atoms with Gasteiger partial charge < -0.3 is 15.4 Å². The highest BCUT2D eigenvalue weighted by Gasteiger charge is 2.31. The van der Waals surface area contributed by atoms with Gasteiger partial charge in [-0.2, -0.15) is 0 Å². The first kappa shape index (κ1) is 18.4. The van der Waals surface area contributed by atoms with Crippen molar-refractivity contribution in [1.29, 1.82) is 0 Å². The molecule has 0 fully saturated rings. The third-order valence-electron chi connectivity index (χ3n) is 5.83. The molecule has 0 saturated carbocycles. The van der Waals surface area contributed by atoms with E-state index in [4.69, 9.17) is 5.73 Å². The maximum atomic E-state index is 12.5. The first-order valence-corrected chi connectivity index (χ1v) is 9.93. The lowest BCUT2D eigenvalue weighted by atomic mass is 9.97. The quantitative estimate of drug-likeness (QED) is 0.676. The summed E-state index contributed by atoms with van der Waals surface area (Å²) >= 11 is 0. The third-order valence-corrected chi connectivity index (χ3v) is 5.83. The summed E-state index contributed by atoms with van der Waals surface area (Å²) in [6.07, 6.45) is 3.86. The van der Waals surface area contributed by atoms with Crippen molar-refractivity contribution in [2.75, 3.05) is 0 Å². The van der Waals surface area contributed by atoms with Crippen molar-refractivity contribution in [3.8, 4) is 16.9 Å². The minimum atomic E-state index is -0.418. The molecule has 0 bridgehead atoms. The molecule has 0 aliphatic heterocycles. The molecule has 1 aliphatic carbocycles. The molecule has 1 atom stereocenters. The van der Waals surface area contributed by atoms with E-state index in [1.807, 2.05) is 19.1 Å². The van der Waals surface area contributed by atoms with Crippen LogP contribution in [0, 0.1) is 6.92 Å². The Morgan fingerprint density at radius 3 is 2.71 bits per heavy atom. The first-order valence-electron chi connectivity index (χ1n) is 9.93. The lowest BCUT2D eigenvalue weighted by Crippen LogP contribution is -2.15. The Labute approximate surface area is 165 Å². The molecular formula is C24H26N2O2. The first-order chi connectivity index (χ1) is 13.5. The second-order valence-corrected chi connectivity index (χ2v) is 7.57. The van der Waals surface area contributed by atoms with Crippen molar-refractivity contribution in [2.45, 2.75) is 45.6 Å². The Kier molecular flexibility index (Phi) is 4.71. The van der Waals surface area contributed by atoms with E-state index in [2.05, 4.69) is 35.8 Å². The molecule has 0 saturated heterocycles. The third kappa shape index (κ3) is 2.89. The highest BCUT2D eigenvalue weighted by atomic mass is 16.3. The number of aromatic nitrogens is 1. The summed E-state index contributed by atoms with van der Waals surface area (Å²) in [5.74, 6) is -0.231. The van der Waals surface area contributed by atoms with Crippen molar-refractivity contribution >= 4 is 5.91 Å². The maximum absolute atomic E-state index is 12.5.